The van der Waals surface area contributed by atoms with E-state index in [0.29, 0.717) is 10.6 Å². The highest BCUT2D eigenvalue weighted by atomic mass is 32.1. The third-order valence-corrected chi connectivity index (χ3v) is 5.29. The van der Waals surface area contributed by atoms with Gasteiger partial charge in [0.05, 0.1) is 12.0 Å². The van der Waals surface area contributed by atoms with Crippen molar-refractivity contribution in [1.82, 2.24) is 0 Å². The molecule has 0 fully saturated rings. The lowest BCUT2D eigenvalue weighted by Gasteiger charge is -2.17. The van der Waals surface area contributed by atoms with Crippen LogP contribution in [0.4, 0.5) is 5.00 Å². The first kappa shape index (κ1) is 18.2. The van der Waals surface area contributed by atoms with Crippen LogP contribution < -0.4 is 5.32 Å². The Morgan fingerprint density at radius 2 is 2.04 bits per heavy atom. The zero-order chi connectivity index (χ0) is 18.5. The van der Waals surface area contributed by atoms with Crippen molar-refractivity contribution in [1.29, 1.82) is 5.26 Å². The number of ether oxygens (including phenoxy) is 1. The number of amides is 1. The van der Waals surface area contributed by atoms with Crippen molar-refractivity contribution < 1.29 is 14.3 Å². The Hall–Kier alpha value is -2.65. The molecule has 0 saturated heterocycles. The molecule has 1 aromatic carbocycles. The first-order valence-electron chi connectivity index (χ1n) is 8.65. The van der Waals surface area contributed by atoms with Gasteiger partial charge in [-0.2, -0.15) is 5.26 Å². The van der Waals surface area contributed by atoms with Crippen LogP contribution in [0, 0.1) is 11.3 Å². The topological polar surface area (TPSA) is 79.2 Å². The predicted molar refractivity (Wildman–Crippen MR) is 100 cm³/mol. The summed E-state index contributed by atoms with van der Waals surface area (Å²) in [6.07, 6.45) is 3.79. The normalized spacial score (nSPS) is 14.0. The molecule has 1 aliphatic carbocycles. The van der Waals surface area contributed by atoms with Gasteiger partial charge in [0.2, 0.25) is 0 Å². The number of carbonyl (C=O) groups is 2. The summed E-state index contributed by atoms with van der Waals surface area (Å²) in [6.45, 7) is 1.53. The largest absolute Gasteiger partial charge is 0.452 e. The van der Waals surface area contributed by atoms with Crippen molar-refractivity contribution in [2.75, 3.05) is 5.32 Å². The molecule has 0 aliphatic heterocycles. The van der Waals surface area contributed by atoms with Gasteiger partial charge >= 0.3 is 5.97 Å². The molecule has 1 aromatic heterocycles. The van der Waals surface area contributed by atoms with Crippen LogP contribution in [-0.2, 0) is 33.6 Å². The molecule has 0 spiro atoms. The second kappa shape index (κ2) is 8.15. The van der Waals surface area contributed by atoms with Crippen LogP contribution in [0.15, 0.2) is 29.6 Å². The van der Waals surface area contributed by atoms with Crippen molar-refractivity contribution in [3.63, 3.8) is 0 Å². The molecule has 2 aromatic rings. The maximum absolute atomic E-state index is 12.2. The fourth-order valence-corrected chi connectivity index (χ4v) is 3.80. The van der Waals surface area contributed by atoms with Gasteiger partial charge in [0.25, 0.3) is 5.91 Å². The molecule has 1 amide bonds. The number of rotatable bonds is 5. The smallest absolute Gasteiger partial charge is 0.311 e. The van der Waals surface area contributed by atoms with Gasteiger partial charge < -0.3 is 10.1 Å². The number of nitriles is 1. The number of hydrogen-bond donors (Lipinski definition) is 1. The van der Waals surface area contributed by atoms with E-state index in [0.717, 1.165) is 18.4 Å². The molecule has 1 N–H and O–H groups in total. The average Bonchev–Trinajstić information content (AvgIpc) is 3.08. The van der Waals surface area contributed by atoms with Crippen molar-refractivity contribution in [2.24, 2.45) is 0 Å². The Balaban J connectivity index is 1.55. The summed E-state index contributed by atoms with van der Waals surface area (Å²) in [7, 11) is 0. The fraction of sp³-hybridized carbons (Fsp3) is 0.350. The molecule has 1 aliphatic rings. The van der Waals surface area contributed by atoms with Gasteiger partial charge in [-0.25, -0.2) is 0 Å². The first-order chi connectivity index (χ1) is 12.6. The summed E-state index contributed by atoms with van der Waals surface area (Å²) in [4.78, 5) is 24.3. The molecule has 5 nitrogen and oxygen atoms in total. The van der Waals surface area contributed by atoms with Crippen molar-refractivity contribution in [3.8, 4) is 6.07 Å². The Morgan fingerprint density at radius 3 is 2.81 bits per heavy atom. The quantitative estimate of drug-likeness (QED) is 0.818. The predicted octanol–water partition coefficient (Wildman–Crippen LogP) is 3.61. The summed E-state index contributed by atoms with van der Waals surface area (Å²) in [5, 5.41) is 13.8. The van der Waals surface area contributed by atoms with Gasteiger partial charge in [0.15, 0.2) is 6.10 Å². The Morgan fingerprint density at radius 1 is 1.27 bits per heavy atom. The SMILES string of the molecule is C[C@@H](OC(=O)Cc1ccc2c(c1)CCCC2)C(=O)Nc1sccc1C#N. The van der Waals surface area contributed by atoms with Crippen LogP contribution in [0.2, 0.25) is 0 Å². The summed E-state index contributed by atoms with van der Waals surface area (Å²) < 4.78 is 5.25. The number of carbonyl (C=O) groups excluding carboxylic acids is 2. The minimum Gasteiger partial charge on any atom is -0.452 e. The van der Waals surface area contributed by atoms with Crippen molar-refractivity contribution in [3.05, 3.63) is 51.9 Å². The maximum atomic E-state index is 12.2. The number of nitrogens with zero attached hydrogens (tertiary/aromatic N) is 1. The van der Waals surface area contributed by atoms with E-state index in [1.807, 2.05) is 12.1 Å². The summed E-state index contributed by atoms with van der Waals surface area (Å²) in [5.41, 5.74) is 3.99. The van der Waals surface area contributed by atoms with Crippen LogP contribution >= 0.6 is 11.3 Å². The molecule has 6 heteroatoms. The van der Waals surface area contributed by atoms with E-state index in [4.69, 9.17) is 10.00 Å². The number of aryl methyl sites for hydroxylation is 2. The molecule has 3 rings (SSSR count). The number of thiophene rings is 1. The van der Waals surface area contributed by atoms with E-state index in [9.17, 15) is 9.59 Å². The van der Waals surface area contributed by atoms with E-state index in [1.54, 1.807) is 11.4 Å². The number of esters is 1. The zero-order valence-corrected chi connectivity index (χ0v) is 15.4. The van der Waals surface area contributed by atoms with E-state index >= 15 is 0 Å². The van der Waals surface area contributed by atoms with Gasteiger partial charge in [-0.05, 0) is 60.7 Å². The minimum atomic E-state index is -0.922. The number of fused-ring (bicyclic) bond motifs is 1. The third kappa shape index (κ3) is 4.30. The van der Waals surface area contributed by atoms with E-state index < -0.39 is 18.0 Å². The monoisotopic (exact) mass is 368 g/mol. The van der Waals surface area contributed by atoms with Crippen LogP contribution in [0.3, 0.4) is 0 Å². The second-order valence-corrected chi connectivity index (χ2v) is 7.30. The highest BCUT2D eigenvalue weighted by Gasteiger charge is 2.20. The zero-order valence-electron chi connectivity index (χ0n) is 14.6. The van der Waals surface area contributed by atoms with Gasteiger partial charge in [0, 0.05) is 0 Å². The summed E-state index contributed by atoms with van der Waals surface area (Å²) in [6, 6.07) is 9.76. The lowest BCUT2D eigenvalue weighted by Crippen LogP contribution is -2.30. The van der Waals surface area contributed by atoms with Crippen LogP contribution in [0.5, 0.6) is 0 Å². The molecule has 1 heterocycles. The highest BCUT2D eigenvalue weighted by Crippen LogP contribution is 2.23. The Kier molecular flexibility index (Phi) is 5.69. The van der Waals surface area contributed by atoms with Crippen molar-refractivity contribution in [2.45, 2.75) is 45.1 Å². The number of nitrogens with one attached hydrogen (secondary N) is 1. The van der Waals surface area contributed by atoms with Crippen LogP contribution in [-0.4, -0.2) is 18.0 Å². The van der Waals surface area contributed by atoms with Gasteiger partial charge in [-0.1, -0.05) is 18.2 Å². The molecular weight excluding hydrogens is 348 g/mol. The standard InChI is InChI=1S/C20H20N2O3S/c1-13(19(24)22-20-17(12-21)8-9-26-20)25-18(23)11-14-6-7-15-4-2-3-5-16(15)10-14/h6-10,13H,2-5,11H2,1H3,(H,22,24)/t13-/m1/s1. The highest BCUT2D eigenvalue weighted by molar-refractivity contribution is 7.14. The number of anilines is 1. The summed E-state index contributed by atoms with van der Waals surface area (Å²) in [5.74, 6) is -0.877. The molecule has 0 radical (unpaired) electrons. The molecular formula is C20H20N2O3S. The lowest BCUT2D eigenvalue weighted by molar-refractivity contribution is -0.152. The van der Waals surface area contributed by atoms with Gasteiger partial charge in [-0.15, -0.1) is 11.3 Å². The lowest BCUT2D eigenvalue weighted by atomic mass is 9.90. The minimum absolute atomic E-state index is 0.146. The molecule has 134 valence electrons. The molecule has 1 atom stereocenters. The average molecular weight is 368 g/mol. The Labute approximate surface area is 156 Å². The van der Waals surface area contributed by atoms with Crippen LogP contribution in [0.1, 0.15) is 42.0 Å². The Bertz CT molecular complexity index is 866. The number of hydrogen-bond acceptors (Lipinski definition) is 5. The van der Waals surface area contributed by atoms with E-state index in [1.165, 1.54) is 42.2 Å². The van der Waals surface area contributed by atoms with Crippen LogP contribution in [0.25, 0.3) is 0 Å². The first-order valence-corrected chi connectivity index (χ1v) is 9.53. The fourth-order valence-electron chi connectivity index (χ4n) is 3.06. The molecule has 0 bridgehead atoms. The second-order valence-electron chi connectivity index (χ2n) is 6.38. The summed E-state index contributed by atoms with van der Waals surface area (Å²) >= 11 is 1.26. The molecule has 0 saturated carbocycles. The maximum Gasteiger partial charge on any atom is 0.311 e. The third-order valence-electron chi connectivity index (χ3n) is 4.46. The van der Waals surface area contributed by atoms with E-state index in [-0.39, 0.29) is 6.42 Å². The van der Waals surface area contributed by atoms with E-state index in [2.05, 4.69) is 17.4 Å². The molecule has 0 unspecified atom stereocenters. The van der Waals surface area contributed by atoms with Gasteiger partial charge in [-0.3, -0.25) is 9.59 Å². The number of benzene rings is 1. The van der Waals surface area contributed by atoms with Gasteiger partial charge in [0.1, 0.15) is 11.1 Å². The van der Waals surface area contributed by atoms with Crippen molar-refractivity contribution >= 4 is 28.2 Å². The molecule has 26 heavy (non-hydrogen) atoms.